The quantitative estimate of drug-likeness (QED) is 0.823. The number of hydrogen-bond acceptors (Lipinski definition) is 5. The number of rotatable bonds is 6. The largest absolute Gasteiger partial charge is 0.368 e. The molecule has 18 heavy (non-hydrogen) atoms. The van der Waals surface area contributed by atoms with Gasteiger partial charge in [0.1, 0.15) is 10.0 Å². The van der Waals surface area contributed by atoms with E-state index in [0.717, 1.165) is 10.0 Å². The highest BCUT2D eigenvalue weighted by molar-refractivity contribution is 7.11. The van der Waals surface area contributed by atoms with Gasteiger partial charge >= 0.3 is 0 Å². The second kappa shape index (κ2) is 5.75. The minimum atomic E-state index is -0.719. The molecule has 1 atom stereocenters. The van der Waals surface area contributed by atoms with Crippen molar-refractivity contribution in [1.82, 2.24) is 15.5 Å². The number of nitrogens with two attached hydrogens (primary N) is 1. The number of carbonyl (C=O) groups is 1. The van der Waals surface area contributed by atoms with Crippen molar-refractivity contribution in [2.75, 3.05) is 0 Å². The third-order valence-corrected chi connectivity index (χ3v) is 4.47. The Kier molecular flexibility index (Phi) is 4.81. The van der Waals surface area contributed by atoms with Crippen molar-refractivity contribution in [2.45, 2.75) is 52.6 Å². The average molecular weight is 270 g/mol. The van der Waals surface area contributed by atoms with Crippen LogP contribution in [0.5, 0.6) is 0 Å². The Balaban J connectivity index is 2.70. The van der Waals surface area contributed by atoms with E-state index in [-0.39, 0.29) is 11.8 Å². The van der Waals surface area contributed by atoms with E-state index in [4.69, 9.17) is 5.73 Å². The van der Waals surface area contributed by atoms with Gasteiger partial charge in [0.05, 0.1) is 12.1 Å². The van der Waals surface area contributed by atoms with E-state index in [9.17, 15) is 4.79 Å². The molecule has 1 amide bonds. The van der Waals surface area contributed by atoms with E-state index >= 15 is 0 Å². The molecule has 1 heterocycles. The summed E-state index contributed by atoms with van der Waals surface area (Å²) in [5.74, 6) is 0.155. The Morgan fingerprint density at radius 2 is 2.00 bits per heavy atom. The molecule has 1 rings (SSSR count). The second-order valence-corrected chi connectivity index (χ2v) is 6.36. The predicted octanol–water partition coefficient (Wildman–Crippen LogP) is 1.65. The van der Waals surface area contributed by atoms with Crippen LogP contribution in [-0.4, -0.2) is 21.6 Å². The van der Waals surface area contributed by atoms with Crippen LogP contribution in [0.3, 0.4) is 0 Å². The summed E-state index contributed by atoms with van der Waals surface area (Å²) in [5, 5.41) is 13.3. The molecule has 0 saturated carbocycles. The van der Waals surface area contributed by atoms with Crippen molar-refractivity contribution < 1.29 is 4.79 Å². The molecule has 0 spiro atoms. The number of hydrogen-bond donors (Lipinski definition) is 2. The van der Waals surface area contributed by atoms with Crippen LogP contribution in [0.4, 0.5) is 0 Å². The van der Waals surface area contributed by atoms with Crippen LogP contribution >= 0.6 is 11.3 Å². The van der Waals surface area contributed by atoms with Crippen molar-refractivity contribution in [3.05, 3.63) is 10.0 Å². The molecule has 0 saturated heterocycles. The first kappa shape index (κ1) is 15.0. The van der Waals surface area contributed by atoms with Gasteiger partial charge in [-0.3, -0.25) is 10.1 Å². The summed E-state index contributed by atoms with van der Waals surface area (Å²) in [5.41, 5.74) is 4.74. The van der Waals surface area contributed by atoms with E-state index in [2.05, 4.69) is 29.4 Å². The lowest BCUT2D eigenvalue weighted by molar-refractivity contribution is -0.125. The lowest BCUT2D eigenvalue weighted by atomic mass is 9.88. The molecule has 1 aromatic rings. The highest BCUT2D eigenvalue weighted by Gasteiger charge is 2.34. The zero-order chi connectivity index (χ0) is 13.9. The summed E-state index contributed by atoms with van der Waals surface area (Å²) < 4.78 is 0. The van der Waals surface area contributed by atoms with Gasteiger partial charge in [0.2, 0.25) is 5.91 Å². The van der Waals surface area contributed by atoms with Gasteiger partial charge in [0.15, 0.2) is 0 Å². The summed E-state index contributed by atoms with van der Waals surface area (Å²) in [4.78, 5) is 11.5. The van der Waals surface area contributed by atoms with Crippen molar-refractivity contribution in [1.29, 1.82) is 0 Å². The summed E-state index contributed by atoms with van der Waals surface area (Å²) in [7, 11) is 0. The molecule has 0 fully saturated rings. The van der Waals surface area contributed by atoms with Gasteiger partial charge < -0.3 is 5.73 Å². The summed E-state index contributed by atoms with van der Waals surface area (Å²) in [6, 6.07) is 0. The van der Waals surface area contributed by atoms with Crippen LogP contribution in [-0.2, 0) is 11.3 Å². The van der Waals surface area contributed by atoms with Crippen molar-refractivity contribution in [2.24, 2.45) is 11.7 Å². The summed E-state index contributed by atoms with van der Waals surface area (Å²) in [6.45, 7) is 10.4. The lowest BCUT2D eigenvalue weighted by Gasteiger charge is -2.31. The lowest BCUT2D eigenvalue weighted by Crippen LogP contribution is -2.56. The minimum Gasteiger partial charge on any atom is -0.368 e. The number of nitrogens with zero attached hydrogens (tertiary/aromatic N) is 2. The molecule has 6 heteroatoms. The van der Waals surface area contributed by atoms with E-state index in [1.165, 1.54) is 0 Å². The fourth-order valence-electron chi connectivity index (χ4n) is 1.41. The molecule has 1 aromatic heterocycles. The third-order valence-electron chi connectivity index (χ3n) is 3.25. The number of amides is 1. The van der Waals surface area contributed by atoms with Crippen LogP contribution in [0, 0.1) is 5.92 Å². The molecule has 1 unspecified atom stereocenters. The Morgan fingerprint density at radius 1 is 1.39 bits per heavy atom. The second-order valence-electron chi connectivity index (χ2n) is 5.26. The van der Waals surface area contributed by atoms with Gasteiger partial charge in [-0.25, -0.2) is 0 Å². The topological polar surface area (TPSA) is 80.9 Å². The third kappa shape index (κ3) is 3.26. The number of carbonyl (C=O) groups excluding carboxylic acids is 1. The van der Waals surface area contributed by atoms with Crippen LogP contribution < -0.4 is 11.1 Å². The monoisotopic (exact) mass is 270 g/mol. The zero-order valence-electron chi connectivity index (χ0n) is 11.7. The fraction of sp³-hybridized carbons (Fsp3) is 0.750. The minimum absolute atomic E-state index is 0.118. The average Bonchev–Trinajstić information content (AvgIpc) is 2.73. The summed E-state index contributed by atoms with van der Waals surface area (Å²) in [6.07, 6.45) is 0. The standard InChI is InChI=1S/C12H22N4OS/c1-7(2)10-16-15-9(18-10)6-14-12(5,8(3)4)11(13)17/h7-8,14H,6H2,1-5H3,(H2,13,17). The molecule has 0 aliphatic heterocycles. The van der Waals surface area contributed by atoms with Crippen LogP contribution in [0.1, 0.15) is 50.6 Å². The molecule has 0 aromatic carbocycles. The van der Waals surface area contributed by atoms with E-state index in [1.807, 2.05) is 20.8 Å². The predicted molar refractivity (Wildman–Crippen MR) is 73.3 cm³/mol. The number of nitrogens with one attached hydrogen (secondary N) is 1. The smallest absolute Gasteiger partial charge is 0.237 e. The molecule has 0 bridgehead atoms. The van der Waals surface area contributed by atoms with Gasteiger partial charge in [-0.1, -0.05) is 39.0 Å². The molecule has 5 nitrogen and oxygen atoms in total. The highest BCUT2D eigenvalue weighted by Crippen LogP contribution is 2.21. The van der Waals surface area contributed by atoms with Gasteiger partial charge in [-0.15, -0.1) is 10.2 Å². The Hall–Kier alpha value is -1.01. The maximum atomic E-state index is 11.5. The van der Waals surface area contributed by atoms with E-state index < -0.39 is 5.54 Å². The molecular weight excluding hydrogens is 248 g/mol. The van der Waals surface area contributed by atoms with Gasteiger partial charge in [0, 0.05) is 5.92 Å². The maximum absolute atomic E-state index is 11.5. The van der Waals surface area contributed by atoms with Crippen LogP contribution in [0.15, 0.2) is 0 Å². The van der Waals surface area contributed by atoms with Gasteiger partial charge in [-0.2, -0.15) is 0 Å². The Labute approximate surface area is 112 Å². The van der Waals surface area contributed by atoms with Gasteiger partial charge in [-0.05, 0) is 12.8 Å². The molecular formula is C12H22N4OS. The molecule has 102 valence electrons. The fourth-order valence-corrected chi connectivity index (χ4v) is 2.19. The first-order chi connectivity index (χ1) is 8.27. The first-order valence-electron chi connectivity index (χ1n) is 6.14. The van der Waals surface area contributed by atoms with Crippen molar-refractivity contribution in [3.8, 4) is 0 Å². The van der Waals surface area contributed by atoms with E-state index in [0.29, 0.717) is 12.5 Å². The number of aromatic nitrogens is 2. The van der Waals surface area contributed by atoms with E-state index in [1.54, 1.807) is 11.3 Å². The summed E-state index contributed by atoms with van der Waals surface area (Å²) >= 11 is 1.57. The maximum Gasteiger partial charge on any atom is 0.237 e. The SMILES string of the molecule is CC(C)c1nnc(CNC(C)(C(N)=O)C(C)C)s1. The normalized spacial score (nSPS) is 15.1. The van der Waals surface area contributed by atoms with Gasteiger partial charge in [0.25, 0.3) is 0 Å². The molecule has 0 aliphatic rings. The Morgan fingerprint density at radius 3 is 2.39 bits per heavy atom. The van der Waals surface area contributed by atoms with Crippen molar-refractivity contribution >= 4 is 17.2 Å². The molecule has 3 N–H and O–H groups in total. The first-order valence-corrected chi connectivity index (χ1v) is 6.96. The molecule has 0 radical (unpaired) electrons. The van der Waals surface area contributed by atoms with Crippen LogP contribution in [0.25, 0.3) is 0 Å². The highest BCUT2D eigenvalue weighted by atomic mass is 32.1. The zero-order valence-corrected chi connectivity index (χ0v) is 12.5. The Bertz CT molecular complexity index is 416. The van der Waals surface area contributed by atoms with Crippen LogP contribution in [0.2, 0.25) is 0 Å². The number of primary amides is 1. The van der Waals surface area contributed by atoms with Crippen molar-refractivity contribution in [3.63, 3.8) is 0 Å². The molecule has 0 aliphatic carbocycles.